The Kier molecular flexibility index (Phi) is 3.38. The highest BCUT2D eigenvalue weighted by atomic mass is 16.6. The van der Waals surface area contributed by atoms with Crippen LogP contribution in [0, 0.1) is 0 Å². The van der Waals surface area contributed by atoms with E-state index in [0.717, 1.165) is 16.6 Å². The van der Waals surface area contributed by atoms with Gasteiger partial charge < -0.3 is 14.9 Å². The zero-order valence-corrected chi connectivity index (χ0v) is 10.8. The number of fused-ring (bicyclic) bond motifs is 1. The van der Waals surface area contributed by atoms with E-state index < -0.39 is 11.9 Å². The van der Waals surface area contributed by atoms with Gasteiger partial charge in [-0.25, -0.2) is 0 Å². The Morgan fingerprint density at radius 1 is 1.33 bits per heavy atom. The summed E-state index contributed by atoms with van der Waals surface area (Å²) >= 11 is 0. The number of nitrogens with zero attached hydrogens (tertiary/aromatic N) is 2. The molecule has 0 spiro atoms. The van der Waals surface area contributed by atoms with Crippen molar-refractivity contribution < 1.29 is 14.9 Å². The molecule has 0 fully saturated rings. The van der Waals surface area contributed by atoms with Gasteiger partial charge in [0.25, 0.3) is 0 Å². The molecule has 0 unspecified atom stereocenters. The third-order valence-electron chi connectivity index (χ3n) is 3.04. The summed E-state index contributed by atoms with van der Waals surface area (Å²) in [7, 11) is 1.87. The maximum absolute atomic E-state index is 9.18. The van der Waals surface area contributed by atoms with Crippen molar-refractivity contribution in [3.8, 4) is 0 Å². The van der Waals surface area contributed by atoms with Crippen LogP contribution in [0.25, 0.3) is 10.9 Å². The minimum absolute atomic E-state index is 0.242. The predicted octanol–water partition coefficient (Wildman–Crippen LogP) is 1.18. The fraction of sp³-hybridized carbons (Fsp3) is 0.462. The average Bonchev–Trinajstić information content (AvgIpc) is 2.65. The van der Waals surface area contributed by atoms with Gasteiger partial charge in [0.05, 0.1) is 17.8 Å². The van der Waals surface area contributed by atoms with Crippen molar-refractivity contribution in [2.24, 2.45) is 7.05 Å². The van der Waals surface area contributed by atoms with Gasteiger partial charge in [-0.05, 0) is 19.9 Å². The Morgan fingerprint density at radius 2 is 2.00 bits per heavy atom. The van der Waals surface area contributed by atoms with E-state index in [1.54, 1.807) is 18.5 Å². The highest BCUT2D eigenvalue weighted by Crippen LogP contribution is 2.21. The van der Waals surface area contributed by atoms with E-state index in [4.69, 9.17) is 4.74 Å². The number of benzene rings is 1. The van der Waals surface area contributed by atoms with Gasteiger partial charge in [0.1, 0.15) is 5.60 Å². The lowest BCUT2D eigenvalue weighted by Crippen LogP contribution is -2.38. The van der Waals surface area contributed by atoms with Gasteiger partial charge in [-0.1, -0.05) is 18.2 Å². The second kappa shape index (κ2) is 4.68. The Labute approximate surface area is 106 Å². The number of aromatic nitrogens is 2. The zero-order chi connectivity index (χ0) is 13.3. The standard InChI is InChI=1S/C13H18N2O3/c1-13(2,12(16)17)18-8-10-9-6-4-5-7-11(9)15(3)14-10/h4-7,12,16-17H,8H2,1-3H3. The fourth-order valence-electron chi connectivity index (χ4n) is 1.72. The van der Waals surface area contributed by atoms with Gasteiger partial charge >= 0.3 is 0 Å². The molecule has 98 valence electrons. The molecular weight excluding hydrogens is 232 g/mol. The largest absolute Gasteiger partial charge is 0.366 e. The number of rotatable bonds is 4. The minimum atomic E-state index is -1.52. The summed E-state index contributed by atoms with van der Waals surface area (Å²) in [6.45, 7) is 3.50. The summed E-state index contributed by atoms with van der Waals surface area (Å²) in [5.74, 6) is 0. The topological polar surface area (TPSA) is 67.5 Å². The summed E-state index contributed by atoms with van der Waals surface area (Å²) < 4.78 is 7.31. The van der Waals surface area contributed by atoms with Crippen LogP contribution in [0.15, 0.2) is 24.3 Å². The summed E-state index contributed by atoms with van der Waals surface area (Å²) in [5.41, 5.74) is 0.804. The molecule has 18 heavy (non-hydrogen) atoms. The van der Waals surface area contributed by atoms with Crippen molar-refractivity contribution in [2.75, 3.05) is 0 Å². The van der Waals surface area contributed by atoms with Crippen LogP contribution in [0.4, 0.5) is 0 Å². The number of aliphatic hydroxyl groups is 2. The molecule has 1 aromatic heterocycles. The van der Waals surface area contributed by atoms with Crippen LogP contribution >= 0.6 is 0 Å². The Balaban J connectivity index is 2.23. The second-order valence-corrected chi connectivity index (χ2v) is 4.85. The molecule has 1 heterocycles. The Hall–Kier alpha value is -1.43. The van der Waals surface area contributed by atoms with Crippen LogP contribution < -0.4 is 0 Å². The monoisotopic (exact) mass is 250 g/mol. The van der Waals surface area contributed by atoms with Crippen LogP contribution in [0.5, 0.6) is 0 Å². The predicted molar refractivity (Wildman–Crippen MR) is 67.8 cm³/mol. The highest BCUT2D eigenvalue weighted by molar-refractivity contribution is 5.81. The Morgan fingerprint density at radius 3 is 2.67 bits per heavy atom. The normalized spacial score (nSPS) is 12.6. The first kappa shape index (κ1) is 13.0. The molecule has 0 bridgehead atoms. The lowest BCUT2D eigenvalue weighted by molar-refractivity contribution is -0.197. The molecule has 0 saturated carbocycles. The van der Waals surface area contributed by atoms with Crippen molar-refractivity contribution in [1.82, 2.24) is 9.78 Å². The lowest BCUT2D eigenvalue weighted by atomic mass is 10.1. The molecule has 0 aliphatic heterocycles. The van der Waals surface area contributed by atoms with Gasteiger partial charge in [0.15, 0.2) is 6.29 Å². The van der Waals surface area contributed by atoms with Gasteiger partial charge in [-0.2, -0.15) is 5.10 Å². The SMILES string of the molecule is Cn1nc(COC(C)(C)C(O)O)c2ccccc21. The molecule has 0 atom stereocenters. The number of hydrogen-bond acceptors (Lipinski definition) is 4. The average molecular weight is 250 g/mol. The quantitative estimate of drug-likeness (QED) is 0.800. The summed E-state index contributed by atoms with van der Waals surface area (Å²) in [4.78, 5) is 0. The number of ether oxygens (including phenoxy) is 1. The molecule has 0 aliphatic carbocycles. The zero-order valence-electron chi connectivity index (χ0n) is 10.8. The molecular formula is C13H18N2O3. The first-order valence-corrected chi connectivity index (χ1v) is 5.82. The number of aryl methyl sites for hydroxylation is 1. The smallest absolute Gasteiger partial charge is 0.180 e. The number of aliphatic hydroxyl groups excluding tert-OH is 1. The molecule has 0 saturated heterocycles. The van der Waals surface area contributed by atoms with E-state index in [9.17, 15) is 10.2 Å². The molecule has 0 radical (unpaired) electrons. The molecule has 0 aliphatic rings. The van der Waals surface area contributed by atoms with Gasteiger partial charge in [-0.3, -0.25) is 4.68 Å². The third kappa shape index (κ3) is 2.38. The van der Waals surface area contributed by atoms with E-state index >= 15 is 0 Å². The van der Waals surface area contributed by atoms with Crippen LogP contribution in [0.2, 0.25) is 0 Å². The minimum Gasteiger partial charge on any atom is -0.366 e. The molecule has 0 amide bonds. The van der Waals surface area contributed by atoms with Crippen molar-refractivity contribution in [3.05, 3.63) is 30.0 Å². The van der Waals surface area contributed by atoms with Crippen LogP contribution in [-0.4, -0.2) is 31.9 Å². The van der Waals surface area contributed by atoms with Crippen LogP contribution in [0.3, 0.4) is 0 Å². The van der Waals surface area contributed by atoms with E-state index in [1.165, 1.54) is 0 Å². The van der Waals surface area contributed by atoms with E-state index in [1.807, 2.05) is 31.3 Å². The number of hydrogen-bond donors (Lipinski definition) is 2. The maximum atomic E-state index is 9.18. The highest BCUT2D eigenvalue weighted by Gasteiger charge is 2.27. The van der Waals surface area contributed by atoms with Crippen LogP contribution in [0.1, 0.15) is 19.5 Å². The summed E-state index contributed by atoms with van der Waals surface area (Å²) in [6.07, 6.45) is -1.52. The van der Waals surface area contributed by atoms with Gasteiger partial charge in [-0.15, -0.1) is 0 Å². The van der Waals surface area contributed by atoms with Crippen molar-refractivity contribution >= 4 is 10.9 Å². The first-order chi connectivity index (χ1) is 8.42. The summed E-state index contributed by atoms with van der Waals surface area (Å²) in [5, 5.41) is 23.8. The molecule has 1 aromatic carbocycles. The first-order valence-electron chi connectivity index (χ1n) is 5.82. The lowest BCUT2D eigenvalue weighted by Gasteiger charge is -2.26. The van der Waals surface area contributed by atoms with Crippen molar-refractivity contribution in [1.29, 1.82) is 0 Å². The number of para-hydroxylation sites is 1. The Bertz CT molecular complexity index is 546. The molecule has 2 aromatic rings. The second-order valence-electron chi connectivity index (χ2n) is 4.85. The van der Waals surface area contributed by atoms with E-state index in [2.05, 4.69) is 5.10 Å². The van der Waals surface area contributed by atoms with Gasteiger partial charge in [0, 0.05) is 12.4 Å². The van der Waals surface area contributed by atoms with E-state index in [-0.39, 0.29) is 6.61 Å². The summed E-state index contributed by atoms with van der Waals surface area (Å²) in [6, 6.07) is 7.86. The van der Waals surface area contributed by atoms with Crippen molar-refractivity contribution in [3.63, 3.8) is 0 Å². The van der Waals surface area contributed by atoms with Crippen LogP contribution in [-0.2, 0) is 18.4 Å². The molecule has 5 nitrogen and oxygen atoms in total. The maximum Gasteiger partial charge on any atom is 0.180 e. The van der Waals surface area contributed by atoms with Gasteiger partial charge in [0.2, 0.25) is 0 Å². The van der Waals surface area contributed by atoms with E-state index in [0.29, 0.717) is 0 Å². The van der Waals surface area contributed by atoms with Crippen molar-refractivity contribution in [2.45, 2.75) is 32.3 Å². The molecule has 2 rings (SSSR count). The fourth-order valence-corrected chi connectivity index (χ4v) is 1.72. The molecule has 5 heteroatoms. The third-order valence-corrected chi connectivity index (χ3v) is 3.04. The molecule has 2 N–H and O–H groups in total.